The quantitative estimate of drug-likeness (QED) is 0.789. The summed E-state index contributed by atoms with van der Waals surface area (Å²) < 4.78 is 7.81. The molecule has 1 unspecified atom stereocenters. The number of nitrogens with one attached hydrogen (secondary N) is 1. The maximum Gasteiger partial charge on any atom is 0.271 e. The number of aromatic nitrogens is 3. The number of rotatable bonds is 3. The Balaban J connectivity index is 1.82. The van der Waals surface area contributed by atoms with Crippen LogP contribution in [-0.4, -0.2) is 20.7 Å². The van der Waals surface area contributed by atoms with Crippen LogP contribution in [0.15, 0.2) is 39.4 Å². The second-order valence-electron chi connectivity index (χ2n) is 4.68. The Morgan fingerprint density at radius 1 is 1.43 bits per heavy atom. The third-order valence-corrected chi connectivity index (χ3v) is 3.72. The molecule has 21 heavy (non-hydrogen) atoms. The molecule has 0 aliphatic heterocycles. The van der Waals surface area contributed by atoms with Gasteiger partial charge in [-0.25, -0.2) is 4.98 Å². The lowest BCUT2D eigenvalue weighted by Gasteiger charge is -2.10. The average molecular weight is 349 g/mol. The summed E-state index contributed by atoms with van der Waals surface area (Å²) in [5, 5.41) is 6.88. The van der Waals surface area contributed by atoms with Gasteiger partial charge in [0.05, 0.1) is 10.7 Å². The third kappa shape index (κ3) is 2.56. The van der Waals surface area contributed by atoms with E-state index in [2.05, 4.69) is 31.3 Å². The van der Waals surface area contributed by atoms with E-state index in [1.54, 1.807) is 13.2 Å². The van der Waals surface area contributed by atoms with Crippen molar-refractivity contribution in [1.29, 1.82) is 0 Å². The van der Waals surface area contributed by atoms with Gasteiger partial charge >= 0.3 is 0 Å². The van der Waals surface area contributed by atoms with Gasteiger partial charge in [0, 0.05) is 7.05 Å². The molecule has 0 radical (unpaired) electrons. The smallest absolute Gasteiger partial charge is 0.271 e. The van der Waals surface area contributed by atoms with E-state index < -0.39 is 0 Å². The molecule has 1 N–H and O–H groups in total. The van der Waals surface area contributed by atoms with E-state index in [9.17, 15) is 4.79 Å². The highest BCUT2D eigenvalue weighted by atomic mass is 79.9. The van der Waals surface area contributed by atoms with Crippen LogP contribution in [0.5, 0.6) is 0 Å². The van der Waals surface area contributed by atoms with Crippen LogP contribution in [0.1, 0.15) is 29.3 Å². The van der Waals surface area contributed by atoms with Crippen molar-refractivity contribution >= 4 is 32.9 Å². The first-order chi connectivity index (χ1) is 10.1. The Hall–Kier alpha value is -2.15. The summed E-state index contributed by atoms with van der Waals surface area (Å²) in [5.41, 5.74) is 1.93. The number of nitrogens with zero attached hydrogens (tertiary/aromatic N) is 3. The molecule has 2 aromatic heterocycles. The highest BCUT2D eigenvalue weighted by Crippen LogP contribution is 2.21. The average Bonchev–Trinajstić information content (AvgIpc) is 3.02. The molecule has 2 heterocycles. The van der Waals surface area contributed by atoms with Gasteiger partial charge in [-0.3, -0.25) is 9.48 Å². The predicted molar refractivity (Wildman–Crippen MR) is 80.8 cm³/mol. The minimum Gasteiger partial charge on any atom is -0.438 e. The van der Waals surface area contributed by atoms with E-state index in [1.807, 2.05) is 31.2 Å². The van der Waals surface area contributed by atoms with Crippen LogP contribution in [-0.2, 0) is 7.05 Å². The predicted octanol–water partition coefficient (Wildman–Crippen LogP) is 2.81. The molecule has 0 aliphatic carbocycles. The second kappa shape index (κ2) is 5.33. The zero-order valence-electron chi connectivity index (χ0n) is 11.5. The number of fused-ring (bicyclic) bond motifs is 1. The molecule has 0 saturated heterocycles. The maximum atomic E-state index is 12.3. The number of hydrogen-bond donors (Lipinski definition) is 1. The van der Waals surface area contributed by atoms with Gasteiger partial charge < -0.3 is 9.73 Å². The van der Waals surface area contributed by atoms with Crippen molar-refractivity contribution in [2.24, 2.45) is 7.05 Å². The van der Waals surface area contributed by atoms with Gasteiger partial charge in [-0.2, -0.15) is 5.10 Å². The second-order valence-corrected chi connectivity index (χ2v) is 5.53. The van der Waals surface area contributed by atoms with Crippen LogP contribution < -0.4 is 5.32 Å². The van der Waals surface area contributed by atoms with Crippen molar-refractivity contribution in [3.05, 3.63) is 46.5 Å². The highest BCUT2D eigenvalue weighted by Gasteiger charge is 2.20. The Morgan fingerprint density at radius 2 is 2.19 bits per heavy atom. The molecule has 108 valence electrons. The van der Waals surface area contributed by atoms with Crippen LogP contribution in [0.4, 0.5) is 0 Å². The van der Waals surface area contributed by atoms with Crippen molar-refractivity contribution in [2.75, 3.05) is 0 Å². The van der Waals surface area contributed by atoms with Crippen LogP contribution in [0.2, 0.25) is 0 Å². The van der Waals surface area contributed by atoms with E-state index >= 15 is 0 Å². The maximum absolute atomic E-state index is 12.3. The number of carbonyl (C=O) groups is 1. The Kier molecular flexibility index (Phi) is 3.50. The monoisotopic (exact) mass is 348 g/mol. The van der Waals surface area contributed by atoms with Crippen LogP contribution in [0, 0.1) is 0 Å². The van der Waals surface area contributed by atoms with Crippen molar-refractivity contribution in [2.45, 2.75) is 13.0 Å². The minimum atomic E-state index is -0.341. The molecule has 0 bridgehead atoms. The van der Waals surface area contributed by atoms with Gasteiger partial charge in [0.2, 0.25) is 5.89 Å². The number of hydrogen-bond acceptors (Lipinski definition) is 4. The van der Waals surface area contributed by atoms with Crippen molar-refractivity contribution in [1.82, 2.24) is 20.1 Å². The van der Waals surface area contributed by atoms with Gasteiger partial charge in [-0.15, -0.1) is 0 Å². The summed E-state index contributed by atoms with van der Waals surface area (Å²) in [4.78, 5) is 16.7. The molecule has 0 saturated carbocycles. The molecule has 0 spiro atoms. The Bertz CT molecular complexity index is 756. The summed E-state index contributed by atoms with van der Waals surface area (Å²) in [6.07, 6.45) is 1.58. The lowest BCUT2D eigenvalue weighted by Crippen LogP contribution is -2.28. The molecule has 7 heteroatoms. The summed E-state index contributed by atoms with van der Waals surface area (Å²) in [5.74, 6) is 0.236. The topological polar surface area (TPSA) is 73.0 Å². The van der Waals surface area contributed by atoms with Crippen molar-refractivity contribution < 1.29 is 9.21 Å². The van der Waals surface area contributed by atoms with E-state index in [0.717, 1.165) is 5.52 Å². The normalized spacial score (nSPS) is 12.5. The van der Waals surface area contributed by atoms with Crippen LogP contribution >= 0.6 is 15.9 Å². The molecule has 0 aliphatic rings. The lowest BCUT2D eigenvalue weighted by atomic mass is 10.3. The van der Waals surface area contributed by atoms with Crippen LogP contribution in [0.3, 0.4) is 0 Å². The molecule has 1 atom stereocenters. The van der Waals surface area contributed by atoms with Crippen molar-refractivity contribution in [3.63, 3.8) is 0 Å². The summed E-state index contributed by atoms with van der Waals surface area (Å²) in [6.45, 7) is 1.83. The van der Waals surface area contributed by atoms with Gasteiger partial charge in [-0.1, -0.05) is 12.1 Å². The molecular weight excluding hydrogens is 336 g/mol. The van der Waals surface area contributed by atoms with E-state index in [1.165, 1.54) is 4.68 Å². The molecule has 1 aromatic carbocycles. The fourth-order valence-electron chi connectivity index (χ4n) is 2.07. The standard InChI is InChI=1S/C14H13BrN4O2/c1-8(14-18-10-5-3-4-6-11(10)21-14)17-13(20)12-9(15)7-16-19(12)2/h3-8H,1-2H3,(H,17,20). The SMILES string of the molecule is CC(NC(=O)c1c(Br)cnn1C)c1nc2ccccc2o1. The number of aryl methyl sites for hydroxylation is 1. The number of halogens is 1. The molecule has 3 rings (SSSR count). The molecule has 1 amide bonds. The number of oxazole rings is 1. The number of amides is 1. The van der Waals surface area contributed by atoms with Crippen molar-refractivity contribution in [3.8, 4) is 0 Å². The zero-order chi connectivity index (χ0) is 15.0. The van der Waals surface area contributed by atoms with Gasteiger partial charge in [0.15, 0.2) is 5.58 Å². The van der Waals surface area contributed by atoms with E-state index in [0.29, 0.717) is 21.6 Å². The zero-order valence-corrected chi connectivity index (χ0v) is 13.1. The lowest BCUT2D eigenvalue weighted by molar-refractivity contribution is 0.0924. The first kappa shape index (κ1) is 13.8. The summed E-state index contributed by atoms with van der Waals surface area (Å²) in [6, 6.07) is 7.15. The van der Waals surface area contributed by atoms with E-state index in [4.69, 9.17) is 4.42 Å². The van der Waals surface area contributed by atoms with Crippen LogP contribution in [0.25, 0.3) is 11.1 Å². The van der Waals surface area contributed by atoms with Gasteiger partial charge in [0.1, 0.15) is 17.3 Å². The highest BCUT2D eigenvalue weighted by molar-refractivity contribution is 9.10. The Morgan fingerprint density at radius 3 is 2.86 bits per heavy atom. The number of carbonyl (C=O) groups excluding carboxylic acids is 1. The van der Waals surface area contributed by atoms with Gasteiger partial charge in [-0.05, 0) is 35.0 Å². The molecule has 3 aromatic rings. The fourth-order valence-corrected chi connectivity index (χ4v) is 2.60. The molecular formula is C14H13BrN4O2. The minimum absolute atomic E-state index is 0.239. The summed E-state index contributed by atoms with van der Waals surface area (Å²) in [7, 11) is 1.71. The first-order valence-electron chi connectivity index (χ1n) is 6.40. The summed E-state index contributed by atoms with van der Waals surface area (Å²) >= 11 is 3.31. The first-order valence-corrected chi connectivity index (χ1v) is 7.19. The fraction of sp³-hybridized carbons (Fsp3) is 0.214. The number of benzene rings is 1. The third-order valence-electron chi connectivity index (χ3n) is 3.14. The molecule has 0 fully saturated rings. The Labute approximate surface area is 129 Å². The number of para-hydroxylation sites is 2. The van der Waals surface area contributed by atoms with E-state index in [-0.39, 0.29) is 11.9 Å². The molecule has 6 nitrogen and oxygen atoms in total. The van der Waals surface area contributed by atoms with Gasteiger partial charge in [0.25, 0.3) is 5.91 Å². The largest absolute Gasteiger partial charge is 0.438 e.